The van der Waals surface area contributed by atoms with Gasteiger partial charge in [-0.1, -0.05) is 6.58 Å². The summed E-state index contributed by atoms with van der Waals surface area (Å²) < 4.78 is 9.68. The molecule has 0 aromatic carbocycles. The van der Waals surface area contributed by atoms with Crippen molar-refractivity contribution in [2.75, 3.05) is 20.3 Å². The van der Waals surface area contributed by atoms with Crippen LogP contribution in [0, 0.1) is 0 Å². The first-order valence-corrected chi connectivity index (χ1v) is 4.56. The van der Waals surface area contributed by atoms with Crippen LogP contribution in [0.4, 0.5) is 0 Å². The lowest BCUT2D eigenvalue weighted by Gasteiger charge is -2.03. The van der Waals surface area contributed by atoms with Gasteiger partial charge in [-0.05, 0) is 26.2 Å². The summed E-state index contributed by atoms with van der Waals surface area (Å²) in [6.07, 6.45) is 2.58. The van der Waals surface area contributed by atoms with E-state index in [2.05, 4.69) is 11.3 Å². The van der Waals surface area contributed by atoms with Gasteiger partial charge < -0.3 is 9.47 Å². The Morgan fingerprint density at radius 3 is 2.62 bits per heavy atom. The molecule has 0 aromatic heterocycles. The number of hydrogen-bond acceptors (Lipinski definition) is 3. The average molecular weight is 186 g/mol. The summed E-state index contributed by atoms with van der Waals surface area (Å²) in [6.45, 7) is 7.10. The van der Waals surface area contributed by atoms with Gasteiger partial charge in [-0.3, -0.25) is 0 Å². The Balaban J connectivity index is 3.32. The zero-order valence-corrected chi connectivity index (χ0v) is 8.47. The second-order valence-corrected chi connectivity index (χ2v) is 2.75. The van der Waals surface area contributed by atoms with E-state index < -0.39 is 0 Å². The third-order valence-corrected chi connectivity index (χ3v) is 1.70. The van der Waals surface area contributed by atoms with E-state index in [4.69, 9.17) is 4.74 Å². The fourth-order valence-corrected chi connectivity index (χ4v) is 0.933. The maximum atomic E-state index is 10.9. The van der Waals surface area contributed by atoms with Gasteiger partial charge in [0.05, 0.1) is 7.11 Å². The molecule has 0 rings (SSSR count). The predicted molar refractivity (Wildman–Crippen MR) is 51.5 cm³/mol. The molecule has 3 heteroatoms. The molecule has 0 bridgehead atoms. The third kappa shape index (κ3) is 6.34. The summed E-state index contributed by atoms with van der Waals surface area (Å²) in [5, 5.41) is 0. The van der Waals surface area contributed by atoms with Gasteiger partial charge in [0.15, 0.2) is 0 Å². The maximum absolute atomic E-state index is 10.9. The van der Waals surface area contributed by atoms with Gasteiger partial charge in [0, 0.05) is 18.8 Å². The first kappa shape index (κ1) is 12.2. The van der Waals surface area contributed by atoms with Crippen LogP contribution in [0.5, 0.6) is 0 Å². The molecule has 0 heterocycles. The van der Waals surface area contributed by atoms with Crippen LogP contribution in [-0.4, -0.2) is 26.3 Å². The van der Waals surface area contributed by atoms with E-state index in [-0.39, 0.29) is 5.97 Å². The molecule has 0 radical (unpaired) electrons. The van der Waals surface area contributed by atoms with Crippen LogP contribution >= 0.6 is 0 Å². The molecule has 0 saturated carbocycles. The van der Waals surface area contributed by atoms with E-state index in [9.17, 15) is 4.79 Å². The number of unbranched alkanes of at least 4 members (excludes halogenated alkanes) is 1. The van der Waals surface area contributed by atoms with E-state index in [1.165, 1.54) is 7.11 Å². The lowest BCUT2D eigenvalue weighted by Crippen LogP contribution is -2.03. The molecule has 0 saturated heterocycles. The zero-order valence-electron chi connectivity index (χ0n) is 8.47. The molecular weight excluding hydrogens is 168 g/mol. The molecule has 0 aromatic rings. The monoisotopic (exact) mass is 186 g/mol. The van der Waals surface area contributed by atoms with Crippen LogP contribution in [0.2, 0.25) is 0 Å². The largest absolute Gasteiger partial charge is 0.466 e. The van der Waals surface area contributed by atoms with Crippen molar-refractivity contribution in [1.82, 2.24) is 0 Å². The second kappa shape index (κ2) is 7.80. The number of hydrogen-bond donors (Lipinski definition) is 0. The molecule has 13 heavy (non-hydrogen) atoms. The Morgan fingerprint density at radius 1 is 1.38 bits per heavy atom. The zero-order chi connectivity index (χ0) is 10.1. The van der Waals surface area contributed by atoms with Crippen molar-refractivity contribution in [2.24, 2.45) is 0 Å². The van der Waals surface area contributed by atoms with Crippen molar-refractivity contribution in [3.8, 4) is 0 Å². The Kier molecular flexibility index (Phi) is 7.30. The molecule has 0 atom stereocenters. The van der Waals surface area contributed by atoms with Gasteiger partial charge in [0.1, 0.15) is 0 Å². The van der Waals surface area contributed by atoms with Crippen LogP contribution in [0.15, 0.2) is 12.2 Å². The summed E-state index contributed by atoms with van der Waals surface area (Å²) in [6, 6.07) is 0. The van der Waals surface area contributed by atoms with Crippen molar-refractivity contribution in [2.45, 2.75) is 26.2 Å². The molecule has 0 aliphatic rings. The maximum Gasteiger partial charge on any atom is 0.333 e. The highest BCUT2D eigenvalue weighted by Crippen LogP contribution is 2.06. The van der Waals surface area contributed by atoms with Crippen LogP contribution in [0.25, 0.3) is 0 Å². The Morgan fingerprint density at radius 2 is 2.08 bits per heavy atom. The second-order valence-electron chi connectivity index (χ2n) is 2.75. The first-order chi connectivity index (χ1) is 6.22. The topological polar surface area (TPSA) is 35.5 Å². The molecule has 3 nitrogen and oxygen atoms in total. The van der Waals surface area contributed by atoms with Gasteiger partial charge in [0.2, 0.25) is 0 Å². The Labute approximate surface area is 79.7 Å². The molecule has 0 spiro atoms. The summed E-state index contributed by atoms with van der Waals surface area (Å²) in [5.74, 6) is -0.309. The van der Waals surface area contributed by atoms with Crippen molar-refractivity contribution < 1.29 is 14.3 Å². The van der Waals surface area contributed by atoms with E-state index in [1.807, 2.05) is 6.92 Å². The number of esters is 1. The lowest BCUT2D eigenvalue weighted by molar-refractivity contribution is -0.136. The van der Waals surface area contributed by atoms with Crippen LogP contribution in [-0.2, 0) is 14.3 Å². The SMILES string of the molecule is C=C(CCCCOCC)C(=O)OC. The molecule has 0 aliphatic heterocycles. The highest BCUT2D eigenvalue weighted by Gasteiger charge is 2.04. The first-order valence-electron chi connectivity index (χ1n) is 4.56. The Bertz CT molecular complexity index is 164. The van der Waals surface area contributed by atoms with E-state index in [1.54, 1.807) is 0 Å². The lowest BCUT2D eigenvalue weighted by atomic mass is 10.1. The van der Waals surface area contributed by atoms with Crippen molar-refractivity contribution in [1.29, 1.82) is 0 Å². The highest BCUT2D eigenvalue weighted by molar-refractivity contribution is 5.87. The normalized spacial score (nSPS) is 9.69. The van der Waals surface area contributed by atoms with Gasteiger partial charge in [0.25, 0.3) is 0 Å². The summed E-state index contributed by atoms with van der Waals surface area (Å²) >= 11 is 0. The van der Waals surface area contributed by atoms with Crippen molar-refractivity contribution >= 4 is 5.97 Å². The summed E-state index contributed by atoms with van der Waals surface area (Å²) in [7, 11) is 1.37. The number of carbonyl (C=O) groups is 1. The number of ether oxygens (including phenoxy) is 2. The van der Waals surface area contributed by atoms with E-state index >= 15 is 0 Å². The minimum Gasteiger partial charge on any atom is -0.466 e. The minimum atomic E-state index is -0.309. The number of rotatable bonds is 7. The van der Waals surface area contributed by atoms with Crippen LogP contribution < -0.4 is 0 Å². The molecular formula is C10H18O3. The van der Waals surface area contributed by atoms with E-state index in [0.29, 0.717) is 12.0 Å². The van der Waals surface area contributed by atoms with E-state index in [0.717, 1.165) is 26.1 Å². The van der Waals surface area contributed by atoms with Gasteiger partial charge in [-0.2, -0.15) is 0 Å². The van der Waals surface area contributed by atoms with Gasteiger partial charge in [-0.15, -0.1) is 0 Å². The number of methoxy groups -OCH3 is 1. The fourth-order valence-electron chi connectivity index (χ4n) is 0.933. The highest BCUT2D eigenvalue weighted by atomic mass is 16.5. The molecule has 0 unspecified atom stereocenters. The smallest absolute Gasteiger partial charge is 0.333 e. The summed E-state index contributed by atoms with van der Waals surface area (Å²) in [5.41, 5.74) is 0.541. The molecule has 0 amide bonds. The van der Waals surface area contributed by atoms with Gasteiger partial charge >= 0.3 is 5.97 Å². The average Bonchev–Trinajstić information content (AvgIpc) is 2.16. The molecule has 0 aliphatic carbocycles. The number of carbonyl (C=O) groups excluding carboxylic acids is 1. The minimum absolute atomic E-state index is 0.309. The molecule has 0 N–H and O–H groups in total. The summed E-state index contributed by atoms with van der Waals surface area (Å²) in [4.78, 5) is 10.9. The standard InChI is InChI=1S/C10H18O3/c1-4-13-8-6-5-7-9(2)10(11)12-3/h2,4-8H2,1,3H3. The predicted octanol–water partition coefficient (Wildman–Crippen LogP) is 1.92. The van der Waals surface area contributed by atoms with Gasteiger partial charge in [-0.25, -0.2) is 4.79 Å². The third-order valence-electron chi connectivity index (χ3n) is 1.70. The quantitative estimate of drug-likeness (QED) is 0.346. The van der Waals surface area contributed by atoms with Crippen LogP contribution in [0.3, 0.4) is 0 Å². The van der Waals surface area contributed by atoms with Crippen molar-refractivity contribution in [3.63, 3.8) is 0 Å². The molecule has 0 fully saturated rings. The molecule has 76 valence electrons. The fraction of sp³-hybridized carbons (Fsp3) is 0.700. The Hall–Kier alpha value is -0.830. The van der Waals surface area contributed by atoms with Crippen LogP contribution in [0.1, 0.15) is 26.2 Å². The van der Waals surface area contributed by atoms with Crippen molar-refractivity contribution in [3.05, 3.63) is 12.2 Å².